The molecule has 2 heterocycles. The Hall–Kier alpha value is -1.95. The van der Waals surface area contributed by atoms with Gasteiger partial charge in [0.25, 0.3) is 0 Å². The maximum Gasteiger partial charge on any atom is 0.317 e. The number of benzene rings is 1. The zero-order valence-corrected chi connectivity index (χ0v) is 10.3. The highest BCUT2D eigenvalue weighted by molar-refractivity contribution is 5.75. The van der Waals surface area contributed by atoms with Crippen LogP contribution in [-0.2, 0) is 4.79 Å². The number of aromatic amines is 1. The van der Waals surface area contributed by atoms with Gasteiger partial charge in [-0.2, -0.15) is 0 Å². The standard InChI is InChI=1S/C13H14FN3O2/c14-8-3-4-9-10(6-8)16-13(15-9)11-2-1-5-17(11)7-12(18)19/h3-4,6,11H,1-2,5,7H2,(H,15,16)(H,18,19). The molecule has 1 saturated heterocycles. The topological polar surface area (TPSA) is 69.2 Å². The van der Waals surface area contributed by atoms with Crippen LogP contribution in [0.3, 0.4) is 0 Å². The monoisotopic (exact) mass is 263 g/mol. The number of carboxylic acids is 1. The van der Waals surface area contributed by atoms with E-state index in [0.717, 1.165) is 25.2 Å². The van der Waals surface area contributed by atoms with E-state index in [0.29, 0.717) is 11.0 Å². The molecule has 1 aliphatic rings. The van der Waals surface area contributed by atoms with Crippen LogP contribution < -0.4 is 0 Å². The molecular weight excluding hydrogens is 249 g/mol. The van der Waals surface area contributed by atoms with Crippen LogP contribution in [0, 0.1) is 5.82 Å². The molecule has 2 aromatic rings. The molecule has 0 radical (unpaired) electrons. The lowest BCUT2D eigenvalue weighted by Crippen LogP contribution is -2.29. The quantitative estimate of drug-likeness (QED) is 0.887. The van der Waals surface area contributed by atoms with E-state index < -0.39 is 5.97 Å². The van der Waals surface area contributed by atoms with Crippen molar-refractivity contribution in [1.82, 2.24) is 14.9 Å². The highest BCUT2D eigenvalue weighted by atomic mass is 19.1. The Morgan fingerprint density at radius 2 is 2.42 bits per heavy atom. The first-order valence-corrected chi connectivity index (χ1v) is 6.24. The molecule has 1 aromatic carbocycles. The van der Waals surface area contributed by atoms with Gasteiger partial charge in [-0.3, -0.25) is 9.69 Å². The van der Waals surface area contributed by atoms with Crippen molar-refractivity contribution in [2.45, 2.75) is 18.9 Å². The van der Waals surface area contributed by atoms with Gasteiger partial charge in [0.05, 0.1) is 23.6 Å². The van der Waals surface area contributed by atoms with Crippen LogP contribution in [0.4, 0.5) is 4.39 Å². The minimum atomic E-state index is -0.839. The average Bonchev–Trinajstić information content (AvgIpc) is 2.93. The van der Waals surface area contributed by atoms with Crippen LogP contribution in [0.5, 0.6) is 0 Å². The van der Waals surface area contributed by atoms with Gasteiger partial charge >= 0.3 is 5.97 Å². The first-order valence-electron chi connectivity index (χ1n) is 6.24. The lowest BCUT2D eigenvalue weighted by atomic mass is 10.2. The summed E-state index contributed by atoms with van der Waals surface area (Å²) in [4.78, 5) is 20.2. The SMILES string of the molecule is O=C(O)CN1CCCC1c1nc2ccc(F)cc2[nH]1. The molecule has 1 aromatic heterocycles. The normalized spacial score (nSPS) is 20.2. The number of nitrogens with one attached hydrogen (secondary N) is 1. The summed E-state index contributed by atoms with van der Waals surface area (Å²) in [7, 11) is 0. The number of rotatable bonds is 3. The number of halogens is 1. The smallest absolute Gasteiger partial charge is 0.317 e. The van der Waals surface area contributed by atoms with Crippen molar-refractivity contribution < 1.29 is 14.3 Å². The Labute approximate surface area is 109 Å². The molecule has 0 spiro atoms. The van der Waals surface area contributed by atoms with E-state index in [2.05, 4.69) is 9.97 Å². The predicted octanol–water partition coefficient (Wildman–Crippen LogP) is 1.92. The Morgan fingerprint density at radius 1 is 1.58 bits per heavy atom. The number of nitrogens with zero attached hydrogens (tertiary/aromatic N) is 2. The van der Waals surface area contributed by atoms with Crippen molar-refractivity contribution in [3.05, 3.63) is 29.8 Å². The van der Waals surface area contributed by atoms with Crippen LogP contribution in [0.25, 0.3) is 11.0 Å². The Morgan fingerprint density at radius 3 is 3.21 bits per heavy atom. The summed E-state index contributed by atoms with van der Waals surface area (Å²) in [5, 5.41) is 8.89. The van der Waals surface area contributed by atoms with E-state index >= 15 is 0 Å². The number of aliphatic carboxylic acids is 1. The van der Waals surface area contributed by atoms with Gasteiger partial charge in [0.15, 0.2) is 0 Å². The fraction of sp³-hybridized carbons (Fsp3) is 0.385. The molecule has 3 rings (SSSR count). The fourth-order valence-electron chi connectivity index (χ4n) is 2.66. The maximum atomic E-state index is 13.1. The predicted molar refractivity (Wildman–Crippen MR) is 67.2 cm³/mol. The number of hydrogen-bond acceptors (Lipinski definition) is 3. The molecule has 0 aliphatic carbocycles. The first kappa shape index (κ1) is 12.1. The molecule has 19 heavy (non-hydrogen) atoms. The van der Waals surface area contributed by atoms with E-state index in [1.807, 2.05) is 4.90 Å². The van der Waals surface area contributed by atoms with Crippen molar-refractivity contribution >= 4 is 17.0 Å². The van der Waals surface area contributed by atoms with Crippen molar-refractivity contribution in [2.75, 3.05) is 13.1 Å². The molecule has 1 unspecified atom stereocenters. The lowest BCUT2D eigenvalue weighted by molar-refractivity contribution is -0.138. The van der Waals surface area contributed by atoms with Gasteiger partial charge in [-0.1, -0.05) is 0 Å². The molecule has 1 aliphatic heterocycles. The van der Waals surface area contributed by atoms with Crippen LogP contribution in [0.2, 0.25) is 0 Å². The number of fused-ring (bicyclic) bond motifs is 1. The van der Waals surface area contributed by atoms with E-state index in [9.17, 15) is 9.18 Å². The third-order valence-corrected chi connectivity index (χ3v) is 3.48. The summed E-state index contributed by atoms with van der Waals surface area (Å²) in [5.41, 5.74) is 1.36. The Bertz CT molecular complexity index is 625. The van der Waals surface area contributed by atoms with E-state index in [4.69, 9.17) is 5.11 Å². The molecule has 100 valence electrons. The Balaban J connectivity index is 1.92. The highest BCUT2D eigenvalue weighted by Gasteiger charge is 2.29. The molecule has 0 bridgehead atoms. The molecule has 0 amide bonds. The van der Waals surface area contributed by atoms with Crippen LogP contribution >= 0.6 is 0 Å². The molecular formula is C13H14FN3O2. The second kappa shape index (κ2) is 4.62. The number of carbonyl (C=O) groups is 1. The van der Waals surface area contributed by atoms with Gasteiger partial charge < -0.3 is 10.1 Å². The van der Waals surface area contributed by atoms with E-state index in [1.165, 1.54) is 12.1 Å². The zero-order chi connectivity index (χ0) is 13.4. The molecule has 5 nitrogen and oxygen atoms in total. The largest absolute Gasteiger partial charge is 0.480 e. The molecule has 2 N–H and O–H groups in total. The van der Waals surface area contributed by atoms with Crippen molar-refractivity contribution in [3.63, 3.8) is 0 Å². The summed E-state index contributed by atoms with van der Waals surface area (Å²) in [5.74, 6) is -0.426. The summed E-state index contributed by atoms with van der Waals surface area (Å²) in [6.07, 6.45) is 1.82. The lowest BCUT2D eigenvalue weighted by Gasteiger charge is -2.20. The van der Waals surface area contributed by atoms with Crippen LogP contribution in [0.1, 0.15) is 24.7 Å². The summed E-state index contributed by atoms with van der Waals surface area (Å²) >= 11 is 0. The highest BCUT2D eigenvalue weighted by Crippen LogP contribution is 2.31. The van der Waals surface area contributed by atoms with Crippen molar-refractivity contribution in [2.24, 2.45) is 0 Å². The van der Waals surface area contributed by atoms with Crippen molar-refractivity contribution in [3.8, 4) is 0 Å². The van der Waals surface area contributed by atoms with E-state index in [1.54, 1.807) is 6.07 Å². The van der Waals surface area contributed by atoms with Gasteiger partial charge in [-0.25, -0.2) is 9.37 Å². The number of aromatic nitrogens is 2. The second-order valence-corrected chi connectivity index (χ2v) is 4.81. The number of H-pyrrole nitrogens is 1. The Kier molecular flexibility index (Phi) is 2.94. The summed E-state index contributed by atoms with van der Waals surface area (Å²) in [6.45, 7) is 0.762. The third-order valence-electron chi connectivity index (χ3n) is 3.48. The van der Waals surface area contributed by atoms with Crippen LogP contribution in [0.15, 0.2) is 18.2 Å². The van der Waals surface area contributed by atoms with Gasteiger partial charge in [-0.05, 0) is 37.6 Å². The minimum Gasteiger partial charge on any atom is -0.480 e. The first-order chi connectivity index (χ1) is 9.13. The minimum absolute atomic E-state index is 0.00999. The number of imidazole rings is 1. The molecule has 1 atom stereocenters. The maximum absolute atomic E-state index is 13.1. The van der Waals surface area contributed by atoms with Crippen LogP contribution in [-0.4, -0.2) is 39.0 Å². The summed E-state index contributed by atoms with van der Waals surface area (Å²) in [6, 6.07) is 4.38. The number of hydrogen-bond donors (Lipinski definition) is 2. The average molecular weight is 263 g/mol. The molecule has 0 saturated carbocycles. The van der Waals surface area contributed by atoms with Gasteiger partial charge in [0, 0.05) is 0 Å². The van der Waals surface area contributed by atoms with E-state index in [-0.39, 0.29) is 18.4 Å². The second-order valence-electron chi connectivity index (χ2n) is 4.81. The fourth-order valence-corrected chi connectivity index (χ4v) is 2.66. The third kappa shape index (κ3) is 2.31. The molecule has 1 fully saturated rings. The van der Waals surface area contributed by atoms with Gasteiger partial charge in [0.2, 0.25) is 0 Å². The molecule has 6 heteroatoms. The van der Waals surface area contributed by atoms with Crippen molar-refractivity contribution in [1.29, 1.82) is 0 Å². The zero-order valence-electron chi connectivity index (χ0n) is 10.3. The number of likely N-dealkylation sites (tertiary alicyclic amines) is 1. The summed E-state index contributed by atoms with van der Waals surface area (Å²) < 4.78 is 13.1. The number of carboxylic acid groups (broad SMARTS) is 1. The van der Waals surface area contributed by atoms with Gasteiger partial charge in [0.1, 0.15) is 11.6 Å². The van der Waals surface area contributed by atoms with Gasteiger partial charge in [-0.15, -0.1) is 0 Å².